The number of thioether (sulfide) groups is 1. The van der Waals surface area contributed by atoms with Crippen LogP contribution in [0, 0.1) is 0 Å². The Bertz CT molecular complexity index is 1080. The first-order valence-electron chi connectivity index (χ1n) is 8.94. The van der Waals surface area contributed by atoms with Crippen LogP contribution >= 0.6 is 11.8 Å². The summed E-state index contributed by atoms with van der Waals surface area (Å²) in [5.74, 6) is 1.46. The fourth-order valence-corrected chi connectivity index (χ4v) is 3.51. The number of aromatic amines is 1. The van der Waals surface area contributed by atoms with Gasteiger partial charge in [-0.25, -0.2) is 4.79 Å². The van der Waals surface area contributed by atoms with E-state index in [9.17, 15) is 9.59 Å². The third kappa shape index (κ3) is 4.60. The average molecular weight is 432 g/mol. The molecule has 0 radical (unpaired) electrons. The van der Waals surface area contributed by atoms with E-state index in [1.807, 2.05) is 0 Å². The average Bonchev–Trinajstić information content (AvgIpc) is 3.14. The molecule has 1 atom stereocenters. The summed E-state index contributed by atoms with van der Waals surface area (Å²) in [5, 5.41) is 5.01. The molecule has 0 saturated heterocycles. The summed E-state index contributed by atoms with van der Waals surface area (Å²) >= 11 is 1.07. The van der Waals surface area contributed by atoms with Gasteiger partial charge in [0, 0.05) is 18.2 Å². The molecule has 1 unspecified atom stereocenters. The Morgan fingerprint density at radius 3 is 2.37 bits per heavy atom. The highest BCUT2D eigenvalue weighted by molar-refractivity contribution is 8.00. The zero-order valence-corrected chi connectivity index (χ0v) is 17.7. The molecule has 158 valence electrons. The molecule has 10 heteroatoms. The van der Waals surface area contributed by atoms with Crippen molar-refractivity contribution in [1.82, 2.24) is 5.27 Å². The minimum Gasteiger partial charge on any atom is -0.497 e. The highest BCUT2D eigenvalue weighted by atomic mass is 32.2. The third-order valence-electron chi connectivity index (χ3n) is 4.26. The van der Waals surface area contributed by atoms with Gasteiger partial charge in [-0.2, -0.15) is 0 Å². The van der Waals surface area contributed by atoms with E-state index in [1.165, 1.54) is 11.8 Å². The molecule has 1 amide bonds. The van der Waals surface area contributed by atoms with Crippen LogP contribution in [0.2, 0.25) is 0 Å². The zero-order chi connectivity index (χ0) is 21.7. The first-order valence-corrected chi connectivity index (χ1v) is 9.82. The number of anilines is 1. The van der Waals surface area contributed by atoms with Crippen LogP contribution in [0.5, 0.6) is 17.2 Å². The predicted octanol–water partition coefficient (Wildman–Crippen LogP) is 2.39. The second-order valence-corrected chi connectivity index (χ2v) is 7.46. The van der Waals surface area contributed by atoms with Gasteiger partial charge in [0.2, 0.25) is 11.6 Å². The standard InChI is InChI=1S/C20H21N3O6S/c1-12(18(24)21-16-10-9-15(27-3)11-17(16)28-4)30-19-20(25)29-22-23(19)13-5-7-14(26-2)8-6-13/h5-12H,1-4H3,(H-,21,22,24,25)/p+1. The quantitative estimate of drug-likeness (QED) is 0.416. The van der Waals surface area contributed by atoms with Crippen molar-refractivity contribution in [2.45, 2.75) is 17.2 Å². The number of carbonyl (C=O) groups is 1. The molecule has 2 aromatic carbocycles. The number of rotatable bonds is 8. The van der Waals surface area contributed by atoms with Gasteiger partial charge in [-0.1, -0.05) is 0 Å². The van der Waals surface area contributed by atoms with E-state index in [2.05, 4.69) is 10.6 Å². The molecule has 0 aliphatic carbocycles. The lowest BCUT2D eigenvalue weighted by Crippen LogP contribution is -2.37. The van der Waals surface area contributed by atoms with Gasteiger partial charge >= 0.3 is 10.7 Å². The monoisotopic (exact) mass is 432 g/mol. The lowest BCUT2D eigenvalue weighted by atomic mass is 10.2. The van der Waals surface area contributed by atoms with Gasteiger partial charge in [0.05, 0.1) is 32.3 Å². The van der Waals surface area contributed by atoms with E-state index in [4.69, 9.17) is 18.7 Å². The van der Waals surface area contributed by atoms with E-state index < -0.39 is 10.9 Å². The van der Waals surface area contributed by atoms with Crippen LogP contribution in [-0.4, -0.2) is 37.8 Å². The molecule has 1 heterocycles. The van der Waals surface area contributed by atoms with Gasteiger partial charge in [0.15, 0.2) is 0 Å². The van der Waals surface area contributed by atoms with E-state index >= 15 is 0 Å². The molecule has 0 fully saturated rings. The molecule has 0 aliphatic rings. The minimum absolute atomic E-state index is 0.240. The Balaban J connectivity index is 1.77. The second kappa shape index (κ2) is 9.40. The lowest BCUT2D eigenvalue weighted by molar-refractivity contribution is -0.704. The fraction of sp³-hybridized carbons (Fsp3) is 0.250. The largest absolute Gasteiger partial charge is 0.497 e. The third-order valence-corrected chi connectivity index (χ3v) is 5.40. The van der Waals surface area contributed by atoms with Crippen molar-refractivity contribution in [2.24, 2.45) is 0 Å². The van der Waals surface area contributed by atoms with Crippen molar-refractivity contribution < 1.29 is 28.2 Å². The fourth-order valence-electron chi connectivity index (χ4n) is 2.62. The molecule has 0 bridgehead atoms. The number of amides is 1. The summed E-state index contributed by atoms with van der Waals surface area (Å²) in [7, 11) is 4.62. The highest BCUT2D eigenvalue weighted by Gasteiger charge is 2.29. The van der Waals surface area contributed by atoms with Gasteiger partial charge in [-0.15, -0.1) is 0 Å². The number of methoxy groups -OCH3 is 3. The van der Waals surface area contributed by atoms with Crippen LogP contribution in [0.25, 0.3) is 5.69 Å². The smallest absolute Gasteiger partial charge is 0.442 e. The number of aromatic nitrogens is 2. The Morgan fingerprint density at radius 2 is 1.73 bits per heavy atom. The predicted molar refractivity (Wildman–Crippen MR) is 111 cm³/mol. The first kappa shape index (κ1) is 21.3. The Morgan fingerprint density at radius 1 is 1.07 bits per heavy atom. The number of H-pyrrole nitrogens is 1. The highest BCUT2D eigenvalue weighted by Crippen LogP contribution is 2.30. The lowest BCUT2D eigenvalue weighted by Gasteiger charge is -2.13. The van der Waals surface area contributed by atoms with Crippen LogP contribution in [0.3, 0.4) is 0 Å². The number of hydrogen-bond donors (Lipinski definition) is 2. The molecule has 3 aromatic rings. The summed E-state index contributed by atoms with van der Waals surface area (Å²) in [4.78, 5) is 24.9. The summed E-state index contributed by atoms with van der Waals surface area (Å²) in [5.41, 5.74) is 0.589. The summed E-state index contributed by atoms with van der Waals surface area (Å²) in [6.45, 7) is 1.70. The molecular weight excluding hydrogens is 410 g/mol. The topological polar surface area (TPSA) is 107 Å². The van der Waals surface area contributed by atoms with Crippen molar-refractivity contribution in [3.05, 3.63) is 52.9 Å². The van der Waals surface area contributed by atoms with Crippen molar-refractivity contribution in [2.75, 3.05) is 26.6 Å². The Hall–Kier alpha value is -3.40. The number of hydrogen-bond acceptors (Lipinski definition) is 7. The van der Waals surface area contributed by atoms with Crippen LogP contribution < -0.4 is 29.8 Å². The molecule has 30 heavy (non-hydrogen) atoms. The number of nitrogens with one attached hydrogen (secondary N) is 2. The summed E-state index contributed by atoms with van der Waals surface area (Å²) in [6, 6.07) is 12.1. The van der Waals surface area contributed by atoms with E-state index in [1.54, 1.807) is 63.6 Å². The normalized spacial score (nSPS) is 11.6. The summed E-state index contributed by atoms with van der Waals surface area (Å²) < 4.78 is 22.0. The van der Waals surface area contributed by atoms with Crippen molar-refractivity contribution in [3.8, 4) is 22.9 Å². The van der Waals surface area contributed by atoms with Crippen molar-refractivity contribution in [1.29, 1.82) is 0 Å². The van der Waals surface area contributed by atoms with Gasteiger partial charge in [-0.3, -0.25) is 9.32 Å². The number of nitrogens with zero attached hydrogens (tertiary/aromatic N) is 1. The van der Waals surface area contributed by atoms with Crippen LogP contribution in [0.1, 0.15) is 6.92 Å². The van der Waals surface area contributed by atoms with Crippen molar-refractivity contribution in [3.63, 3.8) is 0 Å². The maximum atomic E-state index is 12.7. The minimum atomic E-state index is -0.597. The molecule has 3 rings (SSSR count). The SMILES string of the molecule is COc1ccc(-[n+]2[nH]oc(=O)c2SC(C)C(=O)Nc2ccc(OC)cc2OC)cc1. The second-order valence-electron chi connectivity index (χ2n) is 6.13. The van der Waals surface area contributed by atoms with E-state index in [-0.39, 0.29) is 10.9 Å². The number of benzene rings is 2. The molecule has 1 aromatic heterocycles. The maximum Gasteiger partial charge on any atom is 0.442 e. The molecule has 0 aliphatic heterocycles. The van der Waals surface area contributed by atoms with Gasteiger partial charge in [0.25, 0.3) is 0 Å². The van der Waals surface area contributed by atoms with Crippen LogP contribution in [0.4, 0.5) is 5.69 Å². The maximum absolute atomic E-state index is 12.7. The van der Waals surface area contributed by atoms with E-state index in [0.717, 1.165) is 11.8 Å². The van der Waals surface area contributed by atoms with Gasteiger partial charge in [0.1, 0.15) is 17.2 Å². The Kier molecular flexibility index (Phi) is 6.68. The van der Waals surface area contributed by atoms with Crippen molar-refractivity contribution >= 4 is 23.4 Å². The first-order chi connectivity index (χ1) is 14.5. The molecule has 9 nitrogen and oxygen atoms in total. The summed E-state index contributed by atoms with van der Waals surface area (Å²) in [6.07, 6.45) is 0. The van der Waals surface area contributed by atoms with Crippen LogP contribution in [-0.2, 0) is 4.79 Å². The van der Waals surface area contributed by atoms with Gasteiger partial charge in [-0.05, 0) is 52.9 Å². The number of carbonyl (C=O) groups excluding carboxylic acids is 1. The Labute approximate surface area is 176 Å². The molecular formula is C20H22N3O6S+. The van der Waals surface area contributed by atoms with Gasteiger partial charge < -0.3 is 19.5 Å². The van der Waals surface area contributed by atoms with Crippen LogP contribution in [0.15, 0.2) is 56.8 Å². The number of ether oxygens (including phenoxy) is 3. The zero-order valence-electron chi connectivity index (χ0n) is 16.9. The molecule has 0 saturated carbocycles. The molecule has 2 N–H and O–H groups in total. The molecule has 0 spiro atoms. The van der Waals surface area contributed by atoms with E-state index in [0.29, 0.717) is 28.6 Å².